The molecule has 2 aromatic carbocycles. The highest BCUT2D eigenvalue weighted by molar-refractivity contribution is 7.96. The molecule has 3 aliphatic rings. The number of hydrogen-bond acceptors (Lipinski definition) is 6. The van der Waals surface area contributed by atoms with E-state index < -0.39 is 15.9 Å². The zero-order chi connectivity index (χ0) is 20.1. The second-order valence-corrected chi connectivity index (χ2v) is 9.32. The zero-order valence-corrected chi connectivity index (χ0v) is 16.5. The van der Waals surface area contributed by atoms with E-state index in [0.717, 1.165) is 0 Å². The van der Waals surface area contributed by atoms with Crippen molar-refractivity contribution in [3.8, 4) is 11.5 Å². The maximum absolute atomic E-state index is 12.9. The van der Waals surface area contributed by atoms with Crippen molar-refractivity contribution in [3.63, 3.8) is 0 Å². The number of ether oxygens (including phenoxy) is 2. The Bertz CT molecular complexity index is 1020. The molecule has 1 saturated heterocycles. The van der Waals surface area contributed by atoms with Gasteiger partial charge in [-0.15, -0.1) is 4.72 Å². The molecule has 0 radical (unpaired) electrons. The van der Waals surface area contributed by atoms with E-state index in [2.05, 4.69) is 10.0 Å². The molecule has 3 heterocycles. The number of para-hydroxylation sites is 1. The van der Waals surface area contributed by atoms with Crippen LogP contribution in [-0.2, 0) is 14.6 Å². The van der Waals surface area contributed by atoms with Gasteiger partial charge in [0, 0.05) is 18.7 Å². The van der Waals surface area contributed by atoms with Crippen molar-refractivity contribution in [2.45, 2.75) is 23.3 Å². The lowest BCUT2D eigenvalue weighted by Crippen LogP contribution is -2.55. The molecule has 0 saturated carbocycles. The van der Waals surface area contributed by atoms with Crippen LogP contribution in [-0.4, -0.2) is 47.3 Å². The molecular weight excluding hydrogens is 394 g/mol. The summed E-state index contributed by atoms with van der Waals surface area (Å²) in [6.07, 6.45) is 1.28. The normalized spacial score (nSPS) is 24.5. The summed E-state index contributed by atoms with van der Waals surface area (Å²) in [5.74, 6) is 1.17. The molecule has 2 aromatic rings. The molecule has 1 atom stereocenters. The average Bonchev–Trinajstić information content (AvgIpc) is 3.17. The number of piperidine rings is 1. The molecule has 9 heteroatoms. The van der Waals surface area contributed by atoms with E-state index in [1.807, 2.05) is 6.07 Å². The fourth-order valence-corrected chi connectivity index (χ4v) is 5.38. The number of likely N-dealkylation sites (tertiary alicyclic amines) is 1. The van der Waals surface area contributed by atoms with Crippen LogP contribution >= 0.6 is 0 Å². The van der Waals surface area contributed by atoms with Gasteiger partial charge in [0.25, 0.3) is 5.91 Å². The minimum Gasteiger partial charge on any atom is -0.593 e. The number of nitrogens with one attached hydrogen (secondary N) is 2. The Morgan fingerprint density at radius 1 is 1.10 bits per heavy atom. The highest BCUT2D eigenvalue weighted by atomic mass is 32.3. The van der Waals surface area contributed by atoms with Gasteiger partial charge in [-0.2, -0.15) is 0 Å². The van der Waals surface area contributed by atoms with Gasteiger partial charge in [0.05, 0.1) is 17.8 Å². The van der Waals surface area contributed by atoms with Crippen LogP contribution in [0.3, 0.4) is 0 Å². The van der Waals surface area contributed by atoms with Gasteiger partial charge in [-0.3, -0.25) is 4.79 Å². The molecule has 1 unspecified atom stereocenters. The fourth-order valence-electron chi connectivity index (χ4n) is 4.10. The Morgan fingerprint density at radius 3 is 2.69 bits per heavy atom. The molecule has 29 heavy (non-hydrogen) atoms. The second-order valence-electron chi connectivity index (χ2n) is 7.59. The number of nitrogens with zero attached hydrogens (tertiary/aromatic N) is 1. The van der Waals surface area contributed by atoms with Crippen molar-refractivity contribution in [3.05, 3.63) is 48.0 Å². The first kappa shape index (κ1) is 18.4. The number of fused-ring (bicyclic) bond motifs is 2. The minimum atomic E-state index is -3.55. The number of rotatable bonds is 1. The summed E-state index contributed by atoms with van der Waals surface area (Å²) in [6, 6.07) is 12.1. The predicted octanol–water partition coefficient (Wildman–Crippen LogP) is 2.01. The van der Waals surface area contributed by atoms with Crippen molar-refractivity contribution < 1.29 is 23.0 Å². The van der Waals surface area contributed by atoms with Gasteiger partial charge in [-0.1, -0.05) is 16.3 Å². The van der Waals surface area contributed by atoms with Crippen LogP contribution < -0.4 is 19.5 Å². The lowest BCUT2D eigenvalue weighted by atomic mass is 9.87. The number of anilines is 1. The number of sulfonamides is 1. The molecule has 3 aliphatic heterocycles. The van der Waals surface area contributed by atoms with Gasteiger partial charge in [-0.05, 0) is 43.2 Å². The number of carbonyl (C=O) groups is 1. The third-order valence-electron chi connectivity index (χ3n) is 5.80. The van der Waals surface area contributed by atoms with Gasteiger partial charge in [-0.25, -0.2) is 0 Å². The van der Waals surface area contributed by atoms with Crippen molar-refractivity contribution in [2.24, 2.45) is 0 Å². The van der Waals surface area contributed by atoms with Gasteiger partial charge in [0.15, 0.2) is 26.8 Å². The molecule has 1 spiro atoms. The van der Waals surface area contributed by atoms with Crippen LogP contribution in [0, 0.1) is 0 Å². The first-order valence-electron chi connectivity index (χ1n) is 9.52. The monoisotopic (exact) mass is 415 g/mol. The average molecular weight is 415 g/mol. The zero-order valence-electron chi connectivity index (χ0n) is 15.7. The van der Waals surface area contributed by atoms with E-state index in [1.165, 1.54) is 0 Å². The van der Waals surface area contributed by atoms with Gasteiger partial charge >= 0.3 is 0 Å². The van der Waals surface area contributed by atoms with Gasteiger partial charge < -0.3 is 24.2 Å². The molecular formula is C20H21N3O5S. The minimum absolute atomic E-state index is 0.0623. The van der Waals surface area contributed by atoms with Crippen LogP contribution in [0.4, 0.5) is 5.69 Å². The fraction of sp³-hybridized carbons (Fsp3) is 0.350. The summed E-state index contributed by atoms with van der Waals surface area (Å²) in [6.45, 7) is 1.52. The maximum atomic E-state index is 12.9. The molecule has 0 aromatic heterocycles. The molecule has 1 amide bonds. The standard InChI is InChI=1S/C20H21N3O5S/c24-19(14-5-6-16-17(11-14)28-13-27-16)23-9-7-20(8-10-23)12-21-29(25,26)18-4-2-1-3-15(18)22-20/h1-6,11H,7-10,12-13H2,(H2-,21,22,25,26). The highest BCUT2D eigenvalue weighted by Crippen LogP contribution is 2.36. The third kappa shape index (κ3) is 3.25. The molecule has 0 bridgehead atoms. The Balaban J connectivity index is 1.32. The summed E-state index contributed by atoms with van der Waals surface area (Å²) >= 11 is 0. The SMILES string of the molecule is O=C(c1ccc2c(c1)OCO2)N1CCC2(CC1)CN[S+](=O)([O-])c1ccccc1N2. The summed E-state index contributed by atoms with van der Waals surface area (Å²) in [5.41, 5.74) is 0.740. The van der Waals surface area contributed by atoms with Crippen molar-refractivity contribution in [1.29, 1.82) is 0 Å². The van der Waals surface area contributed by atoms with Crippen LogP contribution in [0.5, 0.6) is 11.5 Å². The van der Waals surface area contributed by atoms with Crippen LogP contribution in [0.1, 0.15) is 23.2 Å². The topological polar surface area (TPSA) is 103 Å². The van der Waals surface area contributed by atoms with E-state index >= 15 is 0 Å². The highest BCUT2D eigenvalue weighted by Gasteiger charge is 2.42. The number of amides is 1. The van der Waals surface area contributed by atoms with E-state index in [9.17, 15) is 13.6 Å². The van der Waals surface area contributed by atoms with Crippen LogP contribution in [0.2, 0.25) is 0 Å². The Labute approximate surface area is 169 Å². The molecule has 5 rings (SSSR count). The smallest absolute Gasteiger partial charge is 0.253 e. The molecule has 2 N–H and O–H groups in total. The van der Waals surface area contributed by atoms with Crippen molar-refractivity contribution >= 4 is 22.0 Å². The number of hydrogen-bond donors (Lipinski definition) is 2. The van der Waals surface area contributed by atoms with Crippen LogP contribution in [0.15, 0.2) is 47.4 Å². The van der Waals surface area contributed by atoms with Crippen molar-refractivity contribution in [2.75, 3.05) is 31.7 Å². The number of carbonyl (C=O) groups excluding carboxylic acids is 1. The summed E-state index contributed by atoms with van der Waals surface area (Å²) in [4.78, 5) is 15.0. The lowest BCUT2D eigenvalue weighted by molar-refractivity contribution is 0.0683. The lowest BCUT2D eigenvalue weighted by Gasteiger charge is -2.41. The van der Waals surface area contributed by atoms with Crippen LogP contribution in [0.25, 0.3) is 0 Å². The van der Waals surface area contributed by atoms with Gasteiger partial charge in [0.2, 0.25) is 6.79 Å². The Hall–Kier alpha value is -2.62. The summed E-state index contributed by atoms with van der Waals surface area (Å²) in [5, 5.41) is 3.45. The van der Waals surface area contributed by atoms with E-state index in [0.29, 0.717) is 48.7 Å². The Kier molecular flexibility index (Phi) is 4.27. The first-order valence-corrected chi connectivity index (χ1v) is 11.0. The van der Waals surface area contributed by atoms with E-state index in [1.54, 1.807) is 41.3 Å². The second kappa shape index (κ2) is 6.72. The molecule has 0 aliphatic carbocycles. The quantitative estimate of drug-likeness (QED) is 0.691. The van der Waals surface area contributed by atoms with E-state index in [-0.39, 0.29) is 24.1 Å². The number of benzene rings is 2. The first-order chi connectivity index (χ1) is 14.0. The molecule has 8 nitrogen and oxygen atoms in total. The van der Waals surface area contributed by atoms with Crippen molar-refractivity contribution in [1.82, 2.24) is 9.62 Å². The van der Waals surface area contributed by atoms with E-state index in [4.69, 9.17) is 9.47 Å². The molecule has 1 fully saturated rings. The Morgan fingerprint density at radius 2 is 1.86 bits per heavy atom. The summed E-state index contributed by atoms with van der Waals surface area (Å²) in [7, 11) is -3.55. The predicted molar refractivity (Wildman–Crippen MR) is 106 cm³/mol. The maximum Gasteiger partial charge on any atom is 0.253 e. The largest absolute Gasteiger partial charge is 0.593 e. The molecule has 152 valence electrons. The third-order valence-corrected chi connectivity index (χ3v) is 7.26. The summed E-state index contributed by atoms with van der Waals surface area (Å²) < 4.78 is 38.4. The van der Waals surface area contributed by atoms with Gasteiger partial charge in [0.1, 0.15) is 0 Å².